The Bertz CT molecular complexity index is 46.8. The van der Waals surface area contributed by atoms with Crippen molar-refractivity contribution in [3.05, 3.63) is 0 Å². The third-order valence-electron chi connectivity index (χ3n) is 0.175. The van der Waals surface area contributed by atoms with E-state index < -0.39 is 5.97 Å². The maximum absolute atomic E-state index is 9.24. The molecule has 32 valence electrons. The van der Waals surface area contributed by atoms with Gasteiger partial charge in [0.05, 0.1) is 6.54 Å². The number of carboxylic acids is 1. The van der Waals surface area contributed by atoms with E-state index in [1.54, 1.807) is 0 Å². The first-order valence-corrected chi connectivity index (χ1v) is 1.19. The van der Waals surface area contributed by atoms with Gasteiger partial charge in [0.2, 0.25) is 0 Å². The van der Waals surface area contributed by atoms with Crippen molar-refractivity contribution in [1.82, 2.24) is 0 Å². The molecule has 0 saturated heterocycles. The SMILES string of the molecule is NCC(=O)O.[HH]. The summed E-state index contributed by atoms with van der Waals surface area (Å²) in [5.41, 5.74) is 4.57. The Hall–Kier alpha value is -0.570. The molecule has 0 amide bonds. The molecule has 0 bridgehead atoms. The zero-order valence-electron chi connectivity index (χ0n) is 2.64. The lowest BCUT2D eigenvalue weighted by atomic mass is 10.7. The number of aliphatic carboxylic acids is 1. The van der Waals surface area contributed by atoms with Crippen LogP contribution in [0.3, 0.4) is 0 Å². The van der Waals surface area contributed by atoms with Crippen molar-refractivity contribution in [1.29, 1.82) is 0 Å². The summed E-state index contributed by atoms with van der Waals surface area (Å²) in [6.07, 6.45) is 0. The maximum atomic E-state index is 9.24. The molecule has 0 heterocycles. The fourth-order valence-electron chi connectivity index (χ4n) is 0. The molecule has 3 heteroatoms. The van der Waals surface area contributed by atoms with E-state index in [4.69, 9.17) is 5.11 Å². The van der Waals surface area contributed by atoms with E-state index in [0.29, 0.717) is 0 Å². The topological polar surface area (TPSA) is 63.3 Å². The first kappa shape index (κ1) is 4.43. The van der Waals surface area contributed by atoms with E-state index in [9.17, 15) is 4.79 Å². The molecule has 3 nitrogen and oxygen atoms in total. The van der Waals surface area contributed by atoms with Crippen molar-refractivity contribution < 1.29 is 11.3 Å². The molecule has 0 aromatic heterocycles. The summed E-state index contributed by atoms with van der Waals surface area (Å²) < 4.78 is 0. The average Bonchev–Trinajstić information content (AvgIpc) is 1.38. The summed E-state index contributed by atoms with van der Waals surface area (Å²) in [5, 5.41) is 7.60. The van der Waals surface area contributed by atoms with Crippen molar-refractivity contribution in [3.8, 4) is 0 Å². The first-order valence-electron chi connectivity index (χ1n) is 1.19. The molecule has 0 fully saturated rings. The minimum Gasteiger partial charge on any atom is -0.480 e. The molecule has 3 N–H and O–H groups in total. The molecule has 0 atom stereocenters. The molecular formula is C2H7NO2. The van der Waals surface area contributed by atoms with Gasteiger partial charge in [-0.2, -0.15) is 0 Å². The molecule has 0 unspecified atom stereocenters. The Labute approximate surface area is 30.9 Å². The quantitative estimate of drug-likeness (QED) is 0.434. The first-order chi connectivity index (χ1) is 2.27. The Kier molecular flexibility index (Phi) is 1.53. The monoisotopic (exact) mass is 77.0 g/mol. The molecule has 0 rings (SSSR count). The van der Waals surface area contributed by atoms with E-state index in [1.165, 1.54) is 0 Å². The minimum absolute atomic E-state index is 0. The van der Waals surface area contributed by atoms with Gasteiger partial charge in [0, 0.05) is 1.43 Å². The number of carboxylic acid groups (broad SMARTS) is 1. The zero-order chi connectivity index (χ0) is 4.28. The summed E-state index contributed by atoms with van der Waals surface area (Å²) in [5.74, 6) is -0.968. The standard InChI is InChI=1S/C2H5NO2.H2/c3-1-2(4)5;/h1,3H2,(H,4,5);1H. The number of hydrogen-bond donors (Lipinski definition) is 2. The van der Waals surface area contributed by atoms with Crippen molar-refractivity contribution in [2.75, 3.05) is 6.54 Å². The second-order valence-corrected chi connectivity index (χ2v) is 0.598. The highest BCUT2D eigenvalue weighted by Crippen LogP contribution is 1.43. The summed E-state index contributed by atoms with van der Waals surface area (Å²) in [6.45, 7) is -0.278. The summed E-state index contributed by atoms with van der Waals surface area (Å²) in [6, 6.07) is 0. The fourth-order valence-corrected chi connectivity index (χ4v) is 0. The van der Waals surface area contributed by atoms with Crippen LogP contribution in [-0.4, -0.2) is 17.6 Å². The Morgan fingerprint density at radius 3 is 2.40 bits per heavy atom. The largest absolute Gasteiger partial charge is 0.480 e. The van der Waals surface area contributed by atoms with Crippen LogP contribution in [0.2, 0.25) is 0 Å². The van der Waals surface area contributed by atoms with Gasteiger partial charge in [-0.05, 0) is 0 Å². The number of carbonyl (C=O) groups is 1. The van der Waals surface area contributed by atoms with Gasteiger partial charge in [-0.15, -0.1) is 0 Å². The van der Waals surface area contributed by atoms with Gasteiger partial charge >= 0.3 is 5.97 Å². The van der Waals surface area contributed by atoms with Crippen LogP contribution in [0.1, 0.15) is 1.43 Å². The number of rotatable bonds is 1. The van der Waals surface area contributed by atoms with Crippen LogP contribution in [0.5, 0.6) is 0 Å². The molecule has 0 aliphatic rings. The lowest BCUT2D eigenvalue weighted by molar-refractivity contribution is -0.135. The van der Waals surface area contributed by atoms with Crippen molar-refractivity contribution in [2.45, 2.75) is 0 Å². The fraction of sp³-hybridized carbons (Fsp3) is 0.500. The van der Waals surface area contributed by atoms with E-state index in [1.807, 2.05) is 0 Å². The highest BCUT2D eigenvalue weighted by atomic mass is 16.4. The lowest BCUT2D eigenvalue weighted by Crippen LogP contribution is -2.10. The van der Waals surface area contributed by atoms with E-state index in [2.05, 4.69) is 5.73 Å². The van der Waals surface area contributed by atoms with Gasteiger partial charge < -0.3 is 10.8 Å². The van der Waals surface area contributed by atoms with Crippen molar-refractivity contribution >= 4 is 5.97 Å². The minimum atomic E-state index is -0.968. The van der Waals surface area contributed by atoms with Crippen LogP contribution >= 0.6 is 0 Å². The zero-order valence-corrected chi connectivity index (χ0v) is 2.64. The molecule has 0 aromatic rings. The second-order valence-electron chi connectivity index (χ2n) is 0.598. The molecule has 0 aromatic carbocycles. The van der Waals surface area contributed by atoms with Gasteiger partial charge in [0.1, 0.15) is 0 Å². The third-order valence-corrected chi connectivity index (χ3v) is 0.175. The Morgan fingerprint density at radius 2 is 2.40 bits per heavy atom. The van der Waals surface area contributed by atoms with Crippen LogP contribution in [0.15, 0.2) is 0 Å². The van der Waals surface area contributed by atoms with Crippen molar-refractivity contribution in [2.24, 2.45) is 5.73 Å². The van der Waals surface area contributed by atoms with Crippen LogP contribution in [-0.2, 0) is 4.79 Å². The van der Waals surface area contributed by atoms with Gasteiger partial charge in [-0.25, -0.2) is 0 Å². The molecule has 0 spiro atoms. The third kappa shape index (κ3) is 3.43. The highest BCUT2D eigenvalue weighted by molar-refractivity contribution is 5.68. The van der Waals surface area contributed by atoms with Gasteiger partial charge in [-0.3, -0.25) is 4.79 Å². The summed E-state index contributed by atoms with van der Waals surface area (Å²) >= 11 is 0. The predicted octanol–water partition coefficient (Wildman–Crippen LogP) is -0.724. The number of hydrogen-bond acceptors (Lipinski definition) is 2. The van der Waals surface area contributed by atoms with E-state index in [0.717, 1.165) is 0 Å². The normalized spacial score (nSPS) is 7.40. The van der Waals surface area contributed by atoms with Crippen LogP contribution in [0.4, 0.5) is 0 Å². The molecule has 0 aliphatic carbocycles. The molecule has 0 radical (unpaired) electrons. The Morgan fingerprint density at radius 1 is 2.20 bits per heavy atom. The molecule has 0 saturated carbocycles. The summed E-state index contributed by atoms with van der Waals surface area (Å²) in [7, 11) is 0. The van der Waals surface area contributed by atoms with E-state index >= 15 is 0 Å². The second kappa shape index (κ2) is 1.72. The summed E-state index contributed by atoms with van der Waals surface area (Å²) in [4.78, 5) is 9.24. The predicted molar refractivity (Wildman–Crippen MR) is 18.8 cm³/mol. The van der Waals surface area contributed by atoms with Crippen LogP contribution < -0.4 is 5.73 Å². The Balaban J connectivity index is 0. The van der Waals surface area contributed by atoms with Crippen LogP contribution in [0, 0.1) is 0 Å². The molecular weight excluding hydrogens is 70.0 g/mol. The van der Waals surface area contributed by atoms with Crippen molar-refractivity contribution in [3.63, 3.8) is 0 Å². The van der Waals surface area contributed by atoms with E-state index in [-0.39, 0.29) is 7.97 Å². The van der Waals surface area contributed by atoms with Gasteiger partial charge in [-0.1, -0.05) is 0 Å². The smallest absolute Gasteiger partial charge is 0.317 e. The average molecular weight is 77.1 g/mol. The number of nitrogens with two attached hydrogens (primary N) is 1. The lowest BCUT2D eigenvalue weighted by Gasteiger charge is -1.73. The molecule has 5 heavy (non-hydrogen) atoms. The highest BCUT2D eigenvalue weighted by Gasteiger charge is 1.81. The van der Waals surface area contributed by atoms with Gasteiger partial charge in [0.15, 0.2) is 0 Å². The van der Waals surface area contributed by atoms with Gasteiger partial charge in [0.25, 0.3) is 0 Å². The molecule has 0 aliphatic heterocycles. The van der Waals surface area contributed by atoms with Crippen LogP contribution in [0.25, 0.3) is 0 Å². The maximum Gasteiger partial charge on any atom is 0.317 e.